The number of pyridine rings is 2. The van der Waals surface area contributed by atoms with E-state index >= 15 is 0 Å². The molecule has 0 unspecified atom stereocenters. The molecule has 2 aliphatic rings. The number of aromatic nitrogens is 2. The molecule has 4 heterocycles. The Kier molecular flexibility index (Phi) is 5.83. The van der Waals surface area contributed by atoms with Crippen LogP contribution in [0.15, 0.2) is 71.8 Å². The van der Waals surface area contributed by atoms with Gasteiger partial charge in [0.25, 0.3) is 5.56 Å². The van der Waals surface area contributed by atoms with Crippen LogP contribution >= 0.6 is 0 Å². The lowest BCUT2D eigenvalue weighted by atomic mass is 9.86. The molecule has 0 radical (unpaired) electrons. The van der Waals surface area contributed by atoms with Gasteiger partial charge in [0.1, 0.15) is 0 Å². The van der Waals surface area contributed by atoms with Crippen LogP contribution in [-0.2, 0) is 17.8 Å². The van der Waals surface area contributed by atoms with Crippen molar-refractivity contribution < 1.29 is 9.90 Å². The van der Waals surface area contributed by atoms with Crippen molar-refractivity contribution in [1.82, 2.24) is 19.8 Å². The second-order valence-corrected chi connectivity index (χ2v) is 8.91. The number of rotatable bonds is 6. The zero-order valence-corrected chi connectivity index (χ0v) is 18.6. The fourth-order valence-electron chi connectivity index (χ4n) is 5.53. The van der Waals surface area contributed by atoms with Crippen LogP contribution in [0.4, 0.5) is 0 Å². The van der Waals surface area contributed by atoms with E-state index in [0.717, 1.165) is 17.7 Å². The number of benzene rings is 1. The lowest BCUT2D eigenvalue weighted by molar-refractivity contribution is -0.127. The van der Waals surface area contributed by atoms with Crippen LogP contribution in [0.3, 0.4) is 0 Å². The SMILES string of the molecule is CN1[C@@H]2Cn3c(ccc(-c4cccnc4)c3=O)[C@H]1[C@@H](C(=O)NCCc1ccccc1)[C@@H]2CO. The van der Waals surface area contributed by atoms with Crippen LogP contribution in [0, 0.1) is 11.8 Å². The highest BCUT2D eigenvalue weighted by molar-refractivity contribution is 5.80. The summed E-state index contributed by atoms with van der Waals surface area (Å²) >= 11 is 0. The van der Waals surface area contributed by atoms with E-state index in [4.69, 9.17) is 0 Å². The van der Waals surface area contributed by atoms with Crippen molar-refractivity contribution in [3.63, 3.8) is 0 Å². The van der Waals surface area contributed by atoms with Crippen molar-refractivity contribution in [2.75, 3.05) is 20.2 Å². The molecule has 2 N–H and O–H groups in total. The molecule has 0 aliphatic carbocycles. The van der Waals surface area contributed by atoms with E-state index in [9.17, 15) is 14.7 Å². The summed E-state index contributed by atoms with van der Waals surface area (Å²) in [5.41, 5.74) is 3.28. The van der Waals surface area contributed by atoms with E-state index in [1.165, 1.54) is 5.56 Å². The Hall–Kier alpha value is -3.29. The molecule has 3 aromatic rings. The van der Waals surface area contributed by atoms with Crippen LogP contribution in [0.25, 0.3) is 11.1 Å². The predicted molar refractivity (Wildman–Crippen MR) is 125 cm³/mol. The predicted octanol–water partition coefficient (Wildman–Crippen LogP) is 1.86. The minimum atomic E-state index is -0.418. The standard InChI is InChI=1S/C26H28N4O3/c1-29-22-15-30-21(10-9-19(26(30)33)18-8-5-12-27-14-18)24(29)23(20(22)16-31)25(32)28-13-11-17-6-3-2-4-7-17/h2-10,12,14,20,22-24,31H,11,13,15-16H2,1H3,(H,28,32)/t20-,22-,23+,24+/m1/s1. The summed E-state index contributed by atoms with van der Waals surface area (Å²) in [6, 6.07) is 17.2. The van der Waals surface area contributed by atoms with Crippen LogP contribution in [0.1, 0.15) is 17.3 Å². The zero-order valence-electron chi connectivity index (χ0n) is 18.6. The molecule has 170 valence electrons. The van der Waals surface area contributed by atoms with Crippen molar-refractivity contribution in [3.8, 4) is 11.1 Å². The largest absolute Gasteiger partial charge is 0.396 e. The number of likely N-dealkylation sites (N-methyl/N-ethyl adjacent to an activating group) is 1. The number of nitrogens with zero attached hydrogens (tertiary/aromatic N) is 3. The van der Waals surface area contributed by atoms with Gasteiger partial charge in [0.2, 0.25) is 5.91 Å². The van der Waals surface area contributed by atoms with Crippen molar-refractivity contribution >= 4 is 5.91 Å². The maximum Gasteiger partial charge on any atom is 0.258 e. The molecular weight excluding hydrogens is 416 g/mol. The summed E-state index contributed by atoms with van der Waals surface area (Å²) in [6.45, 7) is 0.889. The first-order chi connectivity index (χ1) is 16.1. The third kappa shape index (κ3) is 3.77. The highest BCUT2D eigenvalue weighted by Crippen LogP contribution is 2.47. The van der Waals surface area contributed by atoms with Gasteiger partial charge in [-0.15, -0.1) is 0 Å². The van der Waals surface area contributed by atoms with Crippen LogP contribution in [-0.4, -0.2) is 51.7 Å². The monoisotopic (exact) mass is 444 g/mol. The Balaban J connectivity index is 1.43. The van der Waals surface area contributed by atoms with E-state index in [0.29, 0.717) is 18.7 Å². The van der Waals surface area contributed by atoms with Crippen molar-refractivity contribution in [3.05, 3.63) is 88.6 Å². The zero-order chi connectivity index (χ0) is 22.9. The Morgan fingerprint density at radius 2 is 1.97 bits per heavy atom. The maximum atomic E-state index is 13.4. The molecule has 7 nitrogen and oxygen atoms in total. The molecule has 1 saturated heterocycles. The van der Waals surface area contributed by atoms with Gasteiger partial charge in [0, 0.05) is 60.9 Å². The number of hydrogen-bond donors (Lipinski definition) is 2. The number of carbonyl (C=O) groups is 1. The van der Waals surface area contributed by atoms with Crippen molar-refractivity contribution in [2.24, 2.45) is 11.8 Å². The maximum absolute atomic E-state index is 13.4. The van der Waals surface area contributed by atoms with Gasteiger partial charge in [-0.25, -0.2) is 0 Å². The second-order valence-electron chi connectivity index (χ2n) is 8.91. The summed E-state index contributed by atoms with van der Waals surface area (Å²) in [7, 11) is 1.98. The fourth-order valence-corrected chi connectivity index (χ4v) is 5.53. The third-order valence-corrected chi connectivity index (χ3v) is 7.18. The number of carbonyl (C=O) groups excluding carboxylic acids is 1. The number of hydrogen-bond acceptors (Lipinski definition) is 5. The number of nitrogens with one attached hydrogen (secondary N) is 1. The minimum Gasteiger partial charge on any atom is -0.396 e. The molecule has 7 heteroatoms. The molecular formula is C26H28N4O3. The molecule has 4 atom stereocenters. The first-order valence-electron chi connectivity index (χ1n) is 11.4. The van der Waals surface area contributed by atoms with Gasteiger partial charge in [-0.3, -0.25) is 19.5 Å². The lowest BCUT2D eigenvalue weighted by Gasteiger charge is -2.35. The highest BCUT2D eigenvalue weighted by Gasteiger charge is 2.54. The molecule has 5 rings (SSSR count). The van der Waals surface area contributed by atoms with Crippen molar-refractivity contribution in [2.45, 2.75) is 25.0 Å². The van der Waals surface area contributed by atoms with Crippen LogP contribution in [0.2, 0.25) is 0 Å². The average molecular weight is 445 g/mol. The summed E-state index contributed by atoms with van der Waals surface area (Å²) in [4.78, 5) is 33.0. The first kappa shape index (κ1) is 21.6. The van der Waals surface area contributed by atoms with Crippen LogP contribution in [0.5, 0.6) is 0 Å². The van der Waals surface area contributed by atoms with Crippen LogP contribution < -0.4 is 10.9 Å². The summed E-state index contributed by atoms with van der Waals surface area (Å²) < 4.78 is 1.79. The molecule has 2 aliphatic heterocycles. The summed E-state index contributed by atoms with van der Waals surface area (Å²) in [5, 5.41) is 13.3. The molecule has 2 aromatic heterocycles. The number of aliphatic hydroxyl groups is 1. The normalized spacial score (nSPS) is 23.8. The van der Waals surface area contributed by atoms with E-state index in [-0.39, 0.29) is 36.1 Å². The van der Waals surface area contributed by atoms with Gasteiger partial charge in [-0.1, -0.05) is 36.4 Å². The number of amides is 1. The minimum absolute atomic E-state index is 0.0680. The van der Waals surface area contributed by atoms with Gasteiger partial charge in [-0.2, -0.15) is 0 Å². The van der Waals surface area contributed by atoms with Gasteiger partial charge in [0.15, 0.2) is 0 Å². The Labute approximate surface area is 192 Å². The fraction of sp³-hybridized carbons (Fsp3) is 0.346. The molecule has 1 fully saturated rings. The third-order valence-electron chi connectivity index (χ3n) is 7.18. The number of fused-ring (bicyclic) bond motifs is 4. The quantitative estimate of drug-likeness (QED) is 0.606. The first-order valence-corrected chi connectivity index (χ1v) is 11.4. The van der Waals surface area contributed by atoms with Crippen molar-refractivity contribution in [1.29, 1.82) is 0 Å². The Morgan fingerprint density at radius 1 is 1.15 bits per heavy atom. The van der Waals surface area contributed by atoms with Gasteiger partial charge >= 0.3 is 0 Å². The summed E-state index contributed by atoms with van der Waals surface area (Å²) in [6.07, 6.45) is 4.12. The highest BCUT2D eigenvalue weighted by atomic mass is 16.3. The summed E-state index contributed by atoms with van der Waals surface area (Å²) in [5.74, 6) is -0.724. The van der Waals surface area contributed by atoms with Gasteiger partial charge in [-0.05, 0) is 37.2 Å². The Morgan fingerprint density at radius 3 is 2.70 bits per heavy atom. The lowest BCUT2D eigenvalue weighted by Crippen LogP contribution is -2.44. The van der Waals surface area contributed by atoms with Gasteiger partial charge in [0.05, 0.1) is 12.0 Å². The second kappa shape index (κ2) is 8.92. The smallest absolute Gasteiger partial charge is 0.258 e. The average Bonchev–Trinajstić information content (AvgIpc) is 3.02. The van der Waals surface area contributed by atoms with E-state index in [2.05, 4.69) is 15.2 Å². The molecule has 0 saturated carbocycles. The van der Waals surface area contributed by atoms with Gasteiger partial charge < -0.3 is 15.0 Å². The van der Waals surface area contributed by atoms with E-state index in [1.54, 1.807) is 17.0 Å². The van der Waals surface area contributed by atoms with E-state index < -0.39 is 5.92 Å². The number of aliphatic hydroxyl groups excluding tert-OH is 1. The molecule has 0 spiro atoms. The molecule has 1 amide bonds. The molecule has 33 heavy (non-hydrogen) atoms. The topological polar surface area (TPSA) is 87.5 Å². The Bertz CT molecular complexity index is 1200. The van der Waals surface area contributed by atoms with E-state index in [1.807, 2.05) is 61.6 Å². The molecule has 2 bridgehead atoms. The molecule has 1 aromatic carbocycles.